The Morgan fingerprint density at radius 2 is 0.418 bits per heavy atom. The molecule has 0 heterocycles. The van der Waals surface area contributed by atoms with E-state index in [2.05, 4.69) is 57.2 Å². The predicted molar refractivity (Wildman–Crippen MR) is 344 cm³/mol. The second kappa shape index (κ2) is 68.1. The van der Waals surface area contributed by atoms with E-state index in [0.29, 0.717) is 19.3 Å². The molecule has 0 saturated heterocycles. The summed E-state index contributed by atoms with van der Waals surface area (Å²) in [6.07, 6.45) is 84.7. The monoisotopic (exact) mass is 1110 g/mol. The third kappa shape index (κ3) is 66.3. The summed E-state index contributed by atoms with van der Waals surface area (Å²) < 4.78 is 17.0. The highest BCUT2D eigenvalue weighted by molar-refractivity contribution is 5.71. The smallest absolute Gasteiger partial charge is 0.306 e. The van der Waals surface area contributed by atoms with Crippen LogP contribution in [0.1, 0.15) is 393 Å². The minimum atomic E-state index is -0.776. The number of ether oxygens (including phenoxy) is 3. The van der Waals surface area contributed by atoms with Crippen molar-refractivity contribution in [1.29, 1.82) is 0 Å². The van der Waals surface area contributed by atoms with E-state index in [4.69, 9.17) is 14.2 Å². The van der Waals surface area contributed by atoms with Crippen molar-refractivity contribution in [3.63, 3.8) is 0 Å². The molecular formula is C73H136O6. The fourth-order valence-electron chi connectivity index (χ4n) is 10.7. The molecule has 1 atom stereocenters. The summed E-state index contributed by atoms with van der Waals surface area (Å²) in [6, 6.07) is 0. The van der Waals surface area contributed by atoms with E-state index < -0.39 is 6.10 Å². The maximum absolute atomic E-state index is 12.9. The summed E-state index contributed by atoms with van der Waals surface area (Å²) in [5, 5.41) is 0. The van der Waals surface area contributed by atoms with Crippen molar-refractivity contribution < 1.29 is 28.6 Å². The molecule has 0 bridgehead atoms. The molecule has 464 valence electrons. The van der Waals surface area contributed by atoms with Crippen LogP contribution in [-0.2, 0) is 28.6 Å². The fourth-order valence-corrected chi connectivity index (χ4v) is 10.7. The SMILES string of the molecule is CCCCC/C=C\CCCCCCCC(=O)OCC(COC(=O)CCCCCCCCCCCCCCCCCCCCC/C=C\CCCCCCCCCC)OC(=O)CCCCCCCCC/C=C\CCCCCCCCC. The molecule has 6 nitrogen and oxygen atoms in total. The van der Waals surface area contributed by atoms with E-state index in [0.717, 1.165) is 64.2 Å². The Labute approximate surface area is 493 Å². The second-order valence-corrected chi connectivity index (χ2v) is 24.1. The first-order chi connectivity index (χ1) is 39.0. The van der Waals surface area contributed by atoms with Crippen LogP contribution in [0.4, 0.5) is 0 Å². The number of carbonyl (C=O) groups is 3. The number of allylic oxidation sites excluding steroid dienone is 6. The van der Waals surface area contributed by atoms with E-state index in [1.54, 1.807) is 0 Å². The Morgan fingerprint density at radius 1 is 0.241 bits per heavy atom. The largest absolute Gasteiger partial charge is 0.462 e. The van der Waals surface area contributed by atoms with Gasteiger partial charge in [-0.3, -0.25) is 14.4 Å². The minimum absolute atomic E-state index is 0.0721. The molecule has 0 aromatic heterocycles. The van der Waals surface area contributed by atoms with Gasteiger partial charge in [-0.2, -0.15) is 0 Å². The van der Waals surface area contributed by atoms with Crippen LogP contribution in [0.3, 0.4) is 0 Å². The maximum Gasteiger partial charge on any atom is 0.306 e. The van der Waals surface area contributed by atoms with Gasteiger partial charge in [0.1, 0.15) is 13.2 Å². The van der Waals surface area contributed by atoms with Crippen LogP contribution in [-0.4, -0.2) is 37.2 Å². The number of hydrogen-bond acceptors (Lipinski definition) is 6. The second-order valence-electron chi connectivity index (χ2n) is 24.1. The van der Waals surface area contributed by atoms with Gasteiger partial charge in [-0.05, 0) is 96.3 Å². The average molecular weight is 1110 g/mol. The third-order valence-electron chi connectivity index (χ3n) is 16.1. The number of hydrogen-bond donors (Lipinski definition) is 0. The van der Waals surface area contributed by atoms with Crippen molar-refractivity contribution in [2.75, 3.05) is 13.2 Å². The van der Waals surface area contributed by atoms with Crippen LogP contribution < -0.4 is 0 Å². The minimum Gasteiger partial charge on any atom is -0.462 e. The van der Waals surface area contributed by atoms with Gasteiger partial charge in [-0.1, -0.05) is 314 Å². The van der Waals surface area contributed by atoms with Crippen molar-refractivity contribution in [2.45, 2.75) is 399 Å². The molecule has 1 unspecified atom stereocenters. The Bertz CT molecular complexity index is 1320. The van der Waals surface area contributed by atoms with Crippen LogP contribution >= 0.6 is 0 Å². The van der Waals surface area contributed by atoms with Crippen molar-refractivity contribution in [2.24, 2.45) is 0 Å². The Morgan fingerprint density at radius 3 is 0.658 bits per heavy atom. The molecule has 0 aliphatic carbocycles. The topological polar surface area (TPSA) is 78.9 Å². The van der Waals surface area contributed by atoms with E-state index in [1.165, 1.54) is 289 Å². The molecule has 0 saturated carbocycles. The first-order valence-corrected chi connectivity index (χ1v) is 35.5. The van der Waals surface area contributed by atoms with Crippen molar-refractivity contribution in [1.82, 2.24) is 0 Å². The van der Waals surface area contributed by atoms with Gasteiger partial charge >= 0.3 is 17.9 Å². The predicted octanol–water partition coefficient (Wildman–Crippen LogP) is 24.3. The lowest BCUT2D eigenvalue weighted by Crippen LogP contribution is -2.30. The fraction of sp³-hybridized carbons (Fsp3) is 0.877. The quantitative estimate of drug-likeness (QED) is 0.0261. The first kappa shape index (κ1) is 76.6. The molecule has 0 radical (unpaired) electrons. The van der Waals surface area contributed by atoms with E-state index in [-0.39, 0.29) is 31.1 Å². The van der Waals surface area contributed by atoms with Gasteiger partial charge in [0.2, 0.25) is 0 Å². The Balaban J connectivity index is 4.13. The van der Waals surface area contributed by atoms with Gasteiger partial charge in [0.25, 0.3) is 0 Å². The summed E-state index contributed by atoms with van der Waals surface area (Å²) >= 11 is 0. The first-order valence-electron chi connectivity index (χ1n) is 35.5. The molecule has 0 aromatic carbocycles. The summed E-state index contributed by atoms with van der Waals surface area (Å²) in [5.41, 5.74) is 0. The van der Waals surface area contributed by atoms with E-state index in [9.17, 15) is 14.4 Å². The van der Waals surface area contributed by atoms with Gasteiger partial charge in [0.05, 0.1) is 0 Å². The lowest BCUT2D eigenvalue weighted by molar-refractivity contribution is -0.167. The van der Waals surface area contributed by atoms with Gasteiger partial charge in [0, 0.05) is 19.3 Å². The van der Waals surface area contributed by atoms with Gasteiger partial charge in [-0.15, -0.1) is 0 Å². The highest BCUT2D eigenvalue weighted by Crippen LogP contribution is 2.18. The molecule has 0 spiro atoms. The molecular weight excluding hydrogens is 973 g/mol. The molecule has 0 aromatic rings. The van der Waals surface area contributed by atoms with Gasteiger partial charge < -0.3 is 14.2 Å². The number of rotatable bonds is 66. The molecule has 0 amide bonds. The highest BCUT2D eigenvalue weighted by atomic mass is 16.6. The third-order valence-corrected chi connectivity index (χ3v) is 16.1. The molecule has 0 fully saturated rings. The van der Waals surface area contributed by atoms with Crippen molar-refractivity contribution >= 4 is 17.9 Å². The Kier molecular flexibility index (Phi) is 66.1. The molecule has 0 aliphatic heterocycles. The van der Waals surface area contributed by atoms with E-state index in [1.807, 2.05) is 0 Å². The van der Waals surface area contributed by atoms with Crippen LogP contribution in [0.15, 0.2) is 36.5 Å². The lowest BCUT2D eigenvalue weighted by atomic mass is 10.0. The standard InChI is InChI=1S/C73H136O6/c1-4-7-10-13-16-19-22-25-27-29-31-32-33-34-35-36-37-38-39-40-41-42-43-45-46-48-51-54-57-60-63-66-72(75)78-69-70(68-77-71(74)65-62-59-56-53-50-24-21-18-15-12-9-6-3)79-73(76)67-64-61-58-55-52-49-47-44-30-28-26-23-20-17-14-11-8-5-2/h18,21,28-31,70H,4-17,19-20,22-27,32-69H2,1-3H3/b21-18-,30-28-,31-29-. The number of esters is 3. The Hall–Kier alpha value is -2.37. The zero-order chi connectivity index (χ0) is 57.1. The average Bonchev–Trinajstić information content (AvgIpc) is 3.45. The van der Waals surface area contributed by atoms with Crippen LogP contribution in [0.2, 0.25) is 0 Å². The molecule has 0 N–H and O–H groups in total. The van der Waals surface area contributed by atoms with Crippen LogP contribution in [0, 0.1) is 0 Å². The van der Waals surface area contributed by atoms with Crippen molar-refractivity contribution in [3.8, 4) is 0 Å². The molecule has 0 aliphatic rings. The number of carbonyl (C=O) groups excluding carboxylic acids is 3. The maximum atomic E-state index is 12.9. The summed E-state index contributed by atoms with van der Waals surface area (Å²) in [6.45, 7) is 6.67. The number of unbranched alkanes of at least 4 members (excludes halogenated alkanes) is 49. The van der Waals surface area contributed by atoms with Crippen LogP contribution in [0.25, 0.3) is 0 Å². The summed E-state index contributed by atoms with van der Waals surface area (Å²) in [5.74, 6) is -0.861. The van der Waals surface area contributed by atoms with E-state index >= 15 is 0 Å². The lowest BCUT2D eigenvalue weighted by Gasteiger charge is -2.18. The zero-order valence-electron chi connectivity index (χ0n) is 53.4. The zero-order valence-corrected chi connectivity index (χ0v) is 53.4. The highest BCUT2D eigenvalue weighted by Gasteiger charge is 2.19. The van der Waals surface area contributed by atoms with Gasteiger partial charge in [0.15, 0.2) is 6.10 Å². The molecule has 6 heteroatoms. The summed E-state index contributed by atoms with van der Waals surface area (Å²) in [7, 11) is 0. The summed E-state index contributed by atoms with van der Waals surface area (Å²) in [4.78, 5) is 38.3. The van der Waals surface area contributed by atoms with Gasteiger partial charge in [-0.25, -0.2) is 0 Å². The molecule has 0 rings (SSSR count). The van der Waals surface area contributed by atoms with Crippen molar-refractivity contribution in [3.05, 3.63) is 36.5 Å². The normalized spacial score (nSPS) is 12.2. The molecule has 79 heavy (non-hydrogen) atoms. The van der Waals surface area contributed by atoms with Crippen LogP contribution in [0.5, 0.6) is 0 Å².